The van der Waals surface area contributed by atoms with Crippen LogP contribution in [0, 0.1) is 11.3 Å². The molecule has 3 amide bonds. The number of pyridine rings is 2. The fourth-order valence-corrected chi connectivity index (χ4v) is 3.67. The molecule has 2 aromatic rings. The molecular formula is C21H25N7O3. The van der Waals surface area contributed by atoms with Gasteiger partial charge in [0.15, 0.2) is 0 Å². The van der Waals surface area contributed by atoms with E-state index in [9.17, 15) is 14.4 Å². The van der Waals surface area contributed by atoms with E-state index in [-0.39, 0.29) is 23.2 Å². The molecule has 0 radical (unpaired) electrons. The smallest absolute Gasteiger partial charge is 0.313 e. The SMILES string of the molecule is CNc1cc([C@@H]2CC[C@@H](C)CN2C(=O)C(=O)Nc2cncc(C(N)=O)c2)cnc1C=N. The van der Waals surface area contributed by atoms with Crippen LogP contribution in [-0.4, -0.2) is 52.4 Å². The highest BCUT2D eigenvalue weighted by atomic mass is 16.2. The van der Waals surface area contributed by atoms with Gasteiger partial charge in [0.05, 0.1) is 29.2 Å². The van der Waals surface area contributed by atoms with E-state index < -0.39 is 17.7 Å². The standard InChI is InChI=1S/C21H25N7O3/c1-12-3-4-18(13-6-16(24-2)17(7-22)26-9-13)28(11-12)21(31)20(30)27-15-5-14(19(23)29)8-25-10-15/h5-10,12,18,22,24H,3-4,11H2,1-2H3,(H2,23,29)(H,27,30)/t12-,18+/m1/s1. The van der Waals surface area contributed by atoms with E-state index in [4.69, 9.17) is 11.1 Å². The maximum Gasteiger partial charge on any atom is 0.313 e. The lowest BCUT2D eigenvalue weighted by molar-refractivity contribution is -0.146. The Morgan fingerprint density at radius 1 is 1.23 bits per heavy atom. The van der Waals surface area contributed by atoms with Crippen LogP contribution in [0.3, 0.4) is 0 Å². The molecule has 0 bridgehead atoms. The predicted octanol–water partition coefficient (Wildman–Crippen LogP) is 1.55. The zero-order valence-corrected chi connectivity index (χ0v) is 17.4. The van der Waals surface area contributed by atoms with E-state index in [0.717, 1.165) is 18.2 Å². The van der Waals surface area contributed by atoms with Crippen LogP contribution in [0.15, 0.2) is 30.7 Å². The van der Waals surface area contributed by atoms with E-state index in [1.165, 1.54) is 18.5 Å². The molecule has 3 rings (SSSR count). The molecule has 2 aromatic heterocycles. The number of carbonyl (C=O) groups excluding carboxylic acids is 3. The van der Waals surface area contributed by atoms with Crippen LogP contribution in [0.1, 0.15) is 47.4 Å². The number of rotatable bonds is 5. The summed E-state index contributed by atoms with van der Waals surface area (Å²) in [6.07, 6.45) is 7.01. The van der Waals surface area contributed by atoms with Gasteiger partial charge in [0, 0.05) is 32.2 Å². The Morgan fingerprint density at radius 3 is 2.68 bits per heavy atom. The molecule has 10 nitrogen and oxygen atoms in total. The van der Waals surface area contributed by atoms with Crippen molar-refractivity contribution >= 4 is 35.3 Å². The van der Waals surface area contributed by atoms with E-state index >= 15 is 0 Å². The van der Waals surface area contributed by atoms with Gasteiger partial charge in [-0.1, -0.05) is 6.92 Å². The number of nitrogens with two attached hydrogens (primary N) is 1. The number of primary amides is 1. The number of carbonyl (C=O) groups is 3. The lowest BCUT2D eigenvalue weighted by atomic mass is 9.90. The van der Waals surface area contributed by atoms with Crippen molar-refractivity contribution in [3.8, 4) is 0 Å². The molecule has 31 heavy (non-hydrogen) atoms. The van der Waals surface area contributed by atoms with Crippen LogP contribution in [0.2, 0.25) is 0 Å². The summed E-state index contributed by atoms with van der Waals surface area (Å²) in [5, 5.41) is 13.0. The van der Waals surface area contributed by atoms with Gasteiger partial charge >= 0.3 is 11.8 Å². The van der Waals surface area contributed by atoms with Gasteiger partial charge in [0.1, 0.15) is 5.69 Å². The largest absolute Gasteiger partial charge is 0.386 e. The van der Waals surface area contributed by atoms with Crippen LogP contribution in [-0.2, 0) is 9.59 Å². The van der Waals surface area contributed by atoms with Gasteiger partial charge in [0.2, 0.25) is 5.91 Å². The Labute approximate surface area is 179 Å². The van der Waals surface area contributed by atoms with Gasteiger partial charge in [-0.3, -0.25) is 24.4 Å². The molecule has 0 unspecified atom stereocenters. The van der Waals surface area contributed by atoms with E-state index in [2.05, 4.69) is 20.6 Å². The fourth-order valence-electron chi connectivity index (χ4n) is 3.67. The number of aromatic nitrogens is 2. The first-order chi connectivity index (χ1) is 14.8. The number of nitrogens with one attached hydrogen (secondary N) is 3. The Kier molecular flexibility index (Phi) is 6.58. The summed E-state index contributed by atoms with van der Waals surface area (Å²) in [7, 11) is 1.74. The van der Waals surface area contributed by atoms with Crippen LogP contribution in [0.5, 0.6) is 0 Å². The molecule has 2 atom stereocenters. The maximum atomic E-state index is 13.1. The van der Waals surface area contributed by atoms with Crippen molar-refractivity contribution in [2.24, 2.45) is 11.7 Å². The molecule has 1 fully saturated rings. The second-order valence-electron chi connectivity index (χ2n) is 7.53. The average Bonchev–Trinajstić information content (AvgIpc) is 2.78. The highest BCUT2D eigenvalue weighted by Gasteiger charge is 2.34. The summed E-state index contributed by atoms with van der Waals surface area (Å²) in [6, 6.07) is 2.91. The lowest BCUT2D eigenvalue weighted by Gasteiger charge is -2.38. The number of nitrogens with zero attached hydrogens (tertiary/aromatic N) is 3. The van der Waals surface area contributed by atoms with Crippen molar-refractivity contribution in [3.63, 3.8) is 0 Å². The Balaban J connectivity index is 1.84. The number of anilines is 2. The number of hydrogen-bond acceptors (Lipinski definition) is 7. The van der Waals surface area contributed by atoms with E-state index in [1.807, 2.05) is 13.0 Å². The van der Waals surface area contributed by atoms with Crippen molar-refractivity contribution in [2.45, 2.75) is 25.8 Å². The average molecular weight is 423 g/mol. The fraction of sp³-hybridized carbons (Fsp3) is 0.333. The summed E-state index contributed by atoms with van der Waals surface area (Å²) in [6.45, 7) is 2.46. The first-order valence-corrected chi connectivity index (χ1v) is 9.89. The normalized spacial score (nSPS) is 18.2. The third kappa shape index (κ3) is 4.85. The second kappa shape index (κ2) is 9.33. The topological polar surface area (TPSA) is 154 Å². The monoisotopic (exact) mass is 423 g/mol. The molecule has 0 saturated carbocycles. The van der Waals surface area contributed by atoms with Crippen LogP contribution in [0.4, 0.5) is 11.4 Å². The summed E-state index contributed by atoms with van der Waals surface area (Å²) in [5.74, 6) is -1.94. The van der Waals surface area contributed by atoms with E-state index in [1.54, 1.807) is 18.1 Å². The molecule has 1 aliphatic rings. The zero-order valence-electron chi connectivity index (χ0n) is 17.4. The van der Waals surface area contributed by atoms with Crippen LogP contribution >= 0.6 is 0 Å². The van der Waals surface area contributed by atoms with Gasteiger partial charge in [-0.05, 0) is 36.5 Å². The molecule has 1 saturated heterocycles. The number of piperidine rings is 1. The molecule has 0 aliphatic carbocycles. The summed E-state index contributed by atoms with van der Waals surface area (Å²) in [4.78, 5) is 46.8. The molecule has 10 heteroatoms. The lowest BCUT2D eigenvalue weighted by Crippen LogP contribution is -2.46. The predicted molar refractivity (Wildman–Crippen MR) is 116 cm³/mol. The quantitative estimate of drug-likeness (QED) is 0.423. The molecule has 0 aromatic carbocycles. The maximum absolute atomic E-state index is 13.1. The molecule has 1 aliphatic heterocycles. The van der Waals surface area contributed by atoms with Gasteiger partial charge in [0.25, 0.3) is 0 Å². The Bertz CT molecular complexity index is 1020. The van der Waals surface area contributed by atoms with Crippen molar-refractivity contribution < 1.29 is 14.4 Å². The number of hydrogen-bond donors (Lipinski definition) is 4. The van der Waals surface area contributed by atoms with Gasteiger partial charge in [-0.2, -0.15) is 0 Å². The third-order valence-corrected chi connectivity index (χ3v) is 5.28. The minimum Gasteiger partial charge on any atom is -0.386 e. The van der Waals surface area contributed by atoms with Crippen molar-refractivity contribution in [1.82, 2.24) is 14.9 Å². The second-order valence-corrected chi connectivity index (χ2v) is 7.53. The first-order valence-electron chi connectivity index (χ1n) is 9.89. The third-order valence-electron chi connectivity index (χ3n) is 5.28. The summed E-state index contributed by atoms with van der Waals surface area (Å²) < 4.78 is 0. The molecule has 162 valence electrons. The van der Waals surface area contributed by atoms with Crippen molar-refractivity contribution in [1.29, 1.82) is 5.41 Å². The number of amides is 3. The molecule has 3 heterocycles. The van der Waals surface area contributed by atoms with Gasteiger partial charge in [-0.15, -0.1) is 0 Å². The minimum atomic E-state index is -0.819. The highest BCUT2D eigenvalue weighted by Crippen LogP contribution is 2.34. The van der Waals surface area contributed by atoms with E-state index in [0.29, 0.717) is 24.3 Å². The zero-order chi connectivity index (χ0) is 22.5. The van der Waals surface area contributed by atoms with Crippen molar-refractivity contribution in [3.05, 3.63) is 47.5 Å². The first kappa shape index (κ1) is 21.9. The Hall–Kier alpha value is -3.82. The van der Waals surface area contributed by atoms with Gasteiger partial charge in [-0.25, -0.2) is 0 Å². The Morgan fingerprint density at radius 2 is 2.00 bits per heavy atom. The summed E-state index contributed by atoms with van der Waals surface area (Å²) >= 11 is 0. The minimum absolute atomic E-state index is 0.131. The molecule has 5 N–H and O–H groups in total. The number of likely N-dealkylation sites (tertiary alicyclic amines) is 1. The highest BCUT2D eigenvalue weighted by molar-refractivity contribution is 6.39. The van der Waals surface area contributed by atoms with Crippen molar-refractivity contribution in [2.75, 3.05) is 24.2 Å². The summed E-state index contributed by atoms with van der Waals surface area (Å²) in [5.41, 5.74) is 7.55. The van der Waals surface area contributed by atoms with Crippen LogP contribution in [0.25, 0.3) is 0 Å². The van der Waals surface area contributed by atoms with Gasteiger partial charge < -0.3 is 26.7 Å². The molecular weight excluding hydrogens is 398 g/mol. The van der Waals surface area contributed by atoms with Crippen LogP contribution < -0.4 is 16.4 Å². The molecule has 0 spiro atoms.